The fourth-order valence-corrected chi connectivity index (χ4v) is 2.21. The van der Waals surface area contributed by atoms with Crippen LogP contribution in [-0.4, -0.2) is 9.55 Å². The maximum Gasteiger partial charge on any atom is 0.0951 e. The highest BCUT2D eigenvalue weighted by atomic mass is 15.1. The van der Waals surface area contributed by atoms with Gasteiger partial charge in [0.1, 0.15) is 0 Å². The van der Waals surface area contributed by atoms with Crippen LogP contribution < -0.4 is 5.32 Å². The molecular formula is C15H21N3. The zero-order valence-electron chi connectivity index (χ0n) is 11.6. The maximum absolute atomic E-state index is 4.22. The largest absolute Gasteiger partial charge is 0.379 e. The number of nitrogens with one attached hydrogen (secondary N) is 1. The molecule has 0 atom stereocenters. The molecule has 96 valence electrons. The number of para-hydroxylation sites is 1. The fraction of sp³-hybridized carbons (Fsp3) is 0.400. The molecule has 0 aliphatic rings. The van der Waals surface area contributed by atoms with Gasteiger partial charge in [-0.3, -0.25) is 0 Å². The van der Waals surface area contributed by atoms with Gasteiger partial charge in [0, 0.05) is 17.9 Å². The first kappa shape index (κ1) is 12.7. The van der Waals surface area contributed by atoms with Crippen molar-refractivity contribution in [1.29, 1.82) is 0 Å². The first-order chi connectivity index (χ1) is 8.59. The molecule has 0 amide bonds. The predicted octanol–water partition coefficient (Wildman–Crippen LogP) is 3.69. The van der Waals surface area contributed by atoms with Crippen molar-refractivity contribution in [2.45, 2.75) is 40.3 Å². The lowest BCUT2D eigenvalue weighted by molar-refractivity contribution is 0.577. The van der Waals surface area contributed by atoms with E-state index in [9.17, 15) is 0 Å². The third-order valence-electron chi connectivity index (χ3n) is 3.23. The average molecular weight is 243 g/mol. The maximum atomic E-state index is 4.22. The third-order valence-corrected chi connectivity index (χ3v) is 3.23. The molecule has 0 unspecified atom stereocenters. The number of aromatic nitrogens is 2. The quantitative estimate of drug-likeness (QED) is 0.887. The van der Waals surface area contributed by atoms with Crippen molar-refractivity contribution in [3.8, 4) is 0 Å². The minimum Gasteiger partial charge on any atom is -0.379 e. The van der Waals surface area contributed by atoms with E-state index in [0.29, 0.717) is 6.04 Å². The van der Waals surface area contributed by atoms with Crippen molar-refractivity contribution >= 4 is 5.69 Å². The highest BCUT2D eigenvalue weighted by Gasteiger charge is 2.06. The van der Waals surface area contributed by atoms with Gasteiger partial charge in [0.15, 0.2) is 0 Å². The van der Waals surface area contributed by atoms with Gasteiger partial charge in [0.25, 0.3) is 0 Å². The Bertz CT molecular complexity index is 506. The van der Waals surface area contributed by atoms with Crippen LogP contribution in [0.15, 0.2) is 30.7 Å². The molecule has 1 heterocycles. The SMILES string of the molecule is Cc1cccc(C)c1NCc1cncn1C(C)C. The summed E-state index contributed by atoms with van der Waals surface area (Å²) < 4.78 is 2.20. The van der Waals surface area contributed by atoms with Crippen molar-refractivity contribution in [2.75, 3.05) is 5.32 Å². The molecular weight excluding hydrogens is 222 g/mol. The Morgan fingerprint density at radius 3 is 2.50 bits per heavy atom. The van der Waals surface area contributed by atoms with Crippen molar-refractivity contribution in [2.24, 2.45) is 0 Å². The Morgan fingerprint density at radius 2 is 1.89 bits per heavy atom. The molecule has 0 fully saturated rings. The summed E-state index contributed by atoms with van der Waals surface area (Å²) in [5.74, 6) is 0. The smallest absolute Gasteiger partial charge is 0.0951 e. The van der Waals surface area contributed by atoms with Crippen LogP contribution in [0.1, 0.15) is 36.7 Å². The first-order valence-electron chi connectivity index (χ1n) is 6.40. The second-order valence-electron chi connectivity index (χ2n) is 5.01. The normalized spacial score (nSPS) is 10.9. The van der Waals surface area contributed by atoms with Gasteiger partial charge in [0.05, 0.1) is 18.6 Å². The van der Waals surface area contributed by atoms with E-state index < -0.39 is 0 Å². The zero-order chi connectivity index (χ0) is 13.1. The van der Waals surface area contributed by atoms with Crippen LogP contribution in [0.5, 0.6) is 0 Å². The van der Waals surface area contributed by atoms with Gasteiger partial charge in [-0.25, -0.2) is 4.98 Å². The molecule has 0 spiro atoms. The Kier molecular flexibility index (Phi) is 3.70. The summed E-state index contributed by atoms with van der Waals surface area (Å²) >= 11 is 0. The molecule has 0 saturated heterocycles. The van der Waals surface area contributed by atoms with Gasteiger partial charge in [-0.05, 0) is 38.8 Å². The molecule has 2 rings (SSSR count). The molecule has 2 aromatic rings. The van der Waals surface area contributed by atoms with E-state index in [1.54, 1.807) is 0 Å². The van der Waals surface area contributed by atoms with E-state index in [1.165, 1.54) is 22.5 Å². The van der Waals surface area contributed by atoms with Crippen LogP contribution in [-0.2, 0) is 6.54 Å². The van der Waals surface area contributed by atoms with Gasteiger partial charge in [-0.2, -0.15) is 0 Å². The van der Waals surface area contributed by atoms with Crippen molar-refractivity contribution < 1.29 is 0 Å². The van der Waals surface area contributed by atoms with E-state index in [0.717, 1.165) is 6.54 Å². The lowest BCUT2D eigenvalue weighted by atomic mass is 10.1. The Balaban J connectivity index is 2.14. The molecule has 1 aromatic heterocycles. The molecule has 3 nitrogen and oxygen atoms in total. The topological polar surface area (TPSA) is 29.9 Å². The van der Waals surface area contributed by atoms with Crippen LogP contribution in [0.3, 0.4) is 0 Å². The Labute approximate surface area is 109 Å². The lowest BCUT2D eigenvalue weighted by Gasteiger charge is -2.15. The minimum absolute atomic E-state index is 0.447. The summed E-state index contributed by atoms with van der Waals surface area (Å²) in [6.07, 6.45) is 3.83. The molecule has 1 N–H and O–H groups in total. The van der Waals surface area contributed by atoms with Crippen LogP contribution in [0.2, 0.25) is 0 Å². The average Bonchev–Trinajstić information content (AvgIpc) is 2.76. The van der Waals surface area contributed by atoms with Crippen LogP contribution in [0.4, 0.5) is 5.69 Å². The van der Waals surface area contributed by atoms with Gasteiger partial charge in [-0.15, -0.1) is 0 Å². The fourth-order valence-electron chi connectivity index (χ4n) is 2.21. The molecule has 3 heteroatoms. The molecule has 1 aromatic carbocycles. The van der Waals surface area contributed by atoms with Crippen molar-refractivity contribution in [3.63, 3.8) is 0 Å². The third kappa shape index (κ3) is 2.55. The summed E-state index contributed by atoms with van der Waals surface area (Å²) in [5.41, 5.74) is 5.01. The number of benzene rings is 1. The summed E-state index contributed by atoms with van der Waals surface area (Å²) in [5, 5.41) is 3.52. The number of hydrogen-bond donors (Lipinski definition) is 1. The summed E-state index contributed by atoms with van der Waals surface area (Å²) in [6, 6.07) is 6.81. The van der Waals surface area contributed by atoms with Crippen LogP contribution >= 0.6 is 0 Å². The number of anilines is 1. The highest BCUT2D eigenvalue weighted by molar-refractivity contribution is 5.56. The van der Waals surface area contributed by atoms with Crippen LogP contribution in [0.25, 0.3) is 0 Å². The predicted molar refractivity (Wildman–Crippen MR) is 75.9 cm³/mol. The second kappa shape index (κ2) is 5.25. The number of imidazole rings is 1. The highest BCUT2D eigenvalue weighted by Crippen LogP contribution is 2.20. The number of nitrogens with zero attached hydrogens (tertiary/aromatic N) is 2. The summed E-state index contributed by atoms with van der Waals surface area (Å²) in [4.78, 5) is 4.22. The van der Waals surface area contributed by atoms with Crippen molar-refractivity contribution in [1.82, 2.24) is 9.55 Å². The van der Waals surface area contributed by atoms with E-state index in [4.69, 9.17) is 0 Å². The summed E-state index contributed by atoms with van der Waals surface area (Å²) in [6.45, 7) is 9.42. The standard InChI is InChI=1S/C15H21N3/c1-11(2)18-10-16-8-14(18)9-17-15-12(3)6-5-7-13(15)4/h5-8,10-11,17H,9H2,1-4H3. The van der Waals surface area contributed by atoms with Crippen molar-refractivity contribution in [3.05, 3.63) is 47.5 Å². The van der Waals surface area contributed by atoms with Gasteiger partial charge < -0.3 is 9.88 Å². The molecule has 18 heavy (non-hydrogen) atoms. The van der Waals surface area contributed by atoms with E-state index in [1.807, 2.05) is 12.5 Å². The number of hydrogen-bond acceptors (Lipinski definition) is 2. The summed E-state index contributed by atoms with van der Waals surface area (Å²) in [7, 11) is 0. The number of rotatable bonds is 4. The minimum atomic E-state index is 0.447. The zero-order valence-corrected chi connectivity index (χ0v) is 11.6. The van der Waals surface area contributed by atoms with E-state index in [2.05, 4.69) is 60.8 Å². The Morgan fingerprint density at radius 1 is 1.22 bits per heavy atom. The van der Waals surface area contributed by atoms with E-state index in [-0.39, 0.29) is 0 Å². The van der Waals surface area contributed by atoms with E-state index >= 15 is 0 Å². The lowest BCUT2D eigenvalue weighted by Crippen LogP contribution is -2.10. The van der Waals surface area contributed by atoms with Gasteiger partial charge >= 0.3 is 0 Å². The molecule has 0 saturated carbocycles. The molecule has 0 radical (unpaired) electrons. The van der Waals surface area contributed by atoms with Gasteiger partial charge in [-0.1, -0.05) is 18.2 Å². The Hall–Kier alpha value is -1.77. The van der Waals surface area contributed by atoms with Crippen LogP contribution in [0, 0.1) is 13.8 Å². The molecule has 0 bridgehead atoms. The second-order valence-corrected chi connectivity index (χ2v) is 5.01. The molecule has 0 aliphatic heterocycles. The number of aryl methyl sites for hydroxylation is 2. The van der Waals surface area contributed by atoms with Gasteiger partial charge in [0.2, 0.25) is 0 Å². The molecule has 0 aliphatic carbocycles. The monoisotopic (exact) mass is 243 g/mol. The first-order valence-corrected chi connectivity index (χ1v) is 6.40.